The standard InChI is InChI=1S/C11H23N3O/c1-9(13(2)3)7-12-8-11(15)14(4)10-5-6-10/h9-10,12H,5-8H2,1-4H3. The summed E-state index contributed by atoms with van der Waals surface area (Å²) in [6.45, 7) is 3.46. The molecule has 0 aromatic carbocycles. The van der Waals surface area contributed by atoms with Crippen molar-refractivity contribution < 1.29 is 4.79 Å². The van der Waals surface area contributed by atoms with Gasteiger partial charge in [-0.25, -0.2) is 0 Å². The van der Waals surface area contributed by atoms with Crippen LogP contribution in [0.5, 0.6) is 0 Å². The molecule has 1 aliphatic rings. The van der Waals surface area contributed by atoms with E-state index in [0.29, 0.717) is 18.6 Å². The maximum atomic E-state index is 11.6. The minimum absolute atomic E-state index is 0.212. The highest BCUT2D eigenvalue weighted by Crippen LogP contribution is 2.24. The van der Waals surface area contributed by atoms with Crippen molar-refractivity contribution >= 4 is 5.91 Å². The summed E-state index contributed by atoms with van der Waals surface area (Å²) in [5.74, 6) is 0.212. The molecule has 1 amide bonds. The Balaban J connectivity index is 2.11. The third-order valence-electron chi connectivity index (χ3n) is 3.09. The van der Waals surface area contributed by atoms with E-state index in [-0.39, 0.29) is 5.91 Å². The average Bonchev–Trinajstić information content (AvgIpc) is 2.99. The smallest absolute Gasteiger partial charge is 0.236 e. The molecular formula is C11H23N3O. The predicted octanol–water partition coefficient (Wildman–Crippen LogP) is 0.147. The van der Waals surface area contributed by atoms with Crippen LogP contribution in [0.4, 0.5) is 0 Å². The Morgan fingerprint density at radius 2 is 2.00 bits per heavy atom. The van der Waals surface area contributed by atoms with Crippen LogP contribution in [-0.4, -0.2) is 62.0 Å². The van der Waals surface area contributed by atoms with Crippen molar-refractivity contribution in [2.45, 2.75) is 31.8 Å². The monoisotopic (exact) mass is 213 g/mol. The molecule has 1 N–H and O–H groups in total. The number of carbonyl (C=O) groups is 1. The van der Waals surface area contributed by atoms with E-state index in [1.165, 1.54) is 12.8 Å². The Labute approximate surface area is 92.6 Å². The normalized spacial score (nSPS) is 17.9. The van der Waals surface area contributed by atoms with Crippen molar-refractivity contribution in [3.63, 3.8) is 0 Å². The zero-order chi connectivity index (χ0) is 11.4. The van der Waals surface area contributed by atoms with Crippen LogP contribution in [0, 0.1) is 0 Å². The van der Waals surface area contributed by atoms with E-state index in [9.17, 15) is 4.79 Å². The van der Waals surface area contributed by atoms with E-state index in [1.807, 2.05) is 26.0 Å². The molecule has 1 rings (SSSR count). The van der Waals surface area contributed by atoms with E-state index < -0.39 is 0 Å². The minimum atomic E-state index is 0.212. The predicted molar refractivity (Wildman–Crippen MR) is 61.8 cm³/mol. The van der Waals surface area contributed by atoms with Crippen molar-refractivity contribution in [1.29, 1.82) is 0 Å². The summed E-state index contributed by atoms with van der Waals surface area (Å²) in [5, 5.41) is 3.20. The van der Waals surface area contributed by atoms with Crippen molar-refractivity contribution in [2.24, 2.45) is 0 Å². The van der Waals surface area contributed by atoms with Gasteiger partial charge in [0, 0.05) is 25.7 Å². The second-order valence-electron chi connectivity index (χ2n) is 4.68. The number of carbonyl (C=O) groups excluding carboxylic acids is 1. The van der Waals surface area contributed by atoms with Gasteiger partial charge in [0.25, 0.3) is 0 Å². The number of likely N-dealkylation sites (N-methyl/N-ethyl adjacent to an activating group) is 2. The summed E-state index contributed by atoms with van der Waals surface area (Å²) in [6.07, 6.45) is 2.35. The Bertz CT molecular complexity index is 214. The van der Waals surface area contributed by atoms with E-state index in [1.54, 1.807) is 0 Å². The van der Waals surface area contributed by atoms with Crippen LogP contribution in [0.3, 0.4) is 0 Å². The fraction of sp³-hybridized carbons (Fsp3) is 0.909. The lowest BCUT2D eigenvalue weighted by molar-refractivity contribution is -0.129. The Kier molecular flexibility index (Phi) is 4.54. The van der Waals surface area contributed by atoms with Gasteiger partial charge in [0.05, 0.1) is 6.54 Å². The molecule has 0 saturated heterocycles. The molecule has 0 bridgehead atoms. The average molecular weight is 213 g/mol. The summed E-state index contributed by atoms with van der Waals surface area (Å²) in [7, 11) is 5.99. The highest BCUT2D eigenvalue weighted by Gasteiger charge is 2.29. The lowest BCUT2D eigenvalue weighted by Crippen LogP contribution is -2.41. The third-order valence-corrected chi connectivity index (χ3v) is 3.09. The molecule has 4 heteroatoms. The van der Waals surface area contributed by atoms with Crippen molar-refractivity contribution in [3.8, 4) is 0 Å². The van der Waals surface area contributed by atoms with Crippen molar-refractivity contribution in [2.75, 3.05) is 34.2 Å². The number of rotatable bonds is 6. The summed E-state index contributed by atoms with van der Waals surface area (Å²) in [4.78, 5) is 15.6. The summed E-state index contributed by atoms with van der Waals surface area (Å²) >= 11 is 0. The Morgan fingerprint density at radius 1 is 1.40 bits per heavy atom. The molecule has 0 heterocycles. The number of nitrogens with zero attached hydrogens (tertiary/aromatic N) is 2. The molecule has 1 fully saturated rings. The molecule has 0 aromatic rings. The minimum Gasteiger partial charge on any atom is -0.342 e. The Morgan fingerprint density at radius 3 is 2.47 bits per heavy atom. The molecule has 0 aromatic heterocycles. The van der Waals surface area contributed by atoms with Gasteiger partial charge in [0.1, 0.15) is 0 Å². The topological polar surface area (TPSA) is 35.6 Å². The SMILES string of the molecule is CC(CNCC(=O)N(C)C1CC1)N(C)C. The number of hydrogen-bond acceptors (Lipinski definition) is 3. The second-order valence-corrected chi connectivity index (χ2v) is 4.68. The molecular weight excluding hydrogens is 190 g/mol. The Hall–Kier alpha value is -0.610. The molecule has 88 valence electrons. The van der Waals surface area contributed by atoms with Crippen molar-refractivity contribution in [1.82, 2.24) is 15.1 Å². The molecule has 0 aliphatic heterocycles. The van der Waals surface area contributed by atoms with Crippen LogP contribution < -0.4 is 5.32 Å². The highest BCUT2D eigenvalue weighted by atomic mass is 16.2. The number of hydrogen-bond donors (Lipinski definition) is 1. The third kappa shape index (κ3) is 4.18. The molecule has 0 spiro atoms. The summed E-state index contributed by atoms with van der Waals surface area (Å²) in [6, 6.07) is 0.981. The van der Waals surface area contributed by atoms with Gasteiger partial charge in [-0.3, -0.25) is 4.79 Å². The second kappa shape index (κ2) is 5.47. The van der Waals surface area contributed by atoms with Gasteiger partial charge in [0.2, 0.25) is 5.91 Å². The van der Waals surface area contributed by atoms with Crippen molar-refractivity contribution in [3.05, 3.63) is 0 Å². The molecule has 15 heavy (non-hydrogen) atoms. The molecule has 4 nitrogen and oxygen atoms in total. The largest absolute Gasteiger partial charge is 0.342 e. The molecule has 1 aliphatic carbocycles. The van der Waals surface area contributed by atoms with Gasteiger partial charge < -0.3 is 15.1 Å². The molecule has 1 saturated carbocycles. The maximum Gasteiger partial charge on any atom is 0.236 e. The molecule has 0 radical (unpaired) electrons. The van der Waals surface area contributed by atoms with E-state index in [4.69, 9.17) is 0 Å². The van der Waals surface area contributed by atoms with Gasteiger partial charge >= 0.3 is 0 Å². The van der Waals surface area contributed by atoms with Crippen LogP contribution in [0.15, 0.2) is 0 Å². The summed E-state index contributed by atoms with van der Waals surface area (Å²) in [5.41, 5.74) is 0. The van der Waals surface area contributed by atoms with Crippen LogP contribution >= 0.6 is 0 Å². The quantitative estimate of drug-likeness (QED) is 0.682. The first-order valence-electron chi connectivity index (χ1n) is 5.65. The molecule has 1 unspecified atom stereocenters. The maximum absolute atomic E-state index is 11.6. The van der Waals surface area contributed by atoms with Crippen LogP contribution in [0.2, 0.25) is 0 Å². The lowest BCUT2D eigenvalue weighted by Gasteiger charge is -2.21. The fourth-order valence-electron chi connectivity index (χ4n) is 1.36. The first-order chi connectivity index (χ1) is 7.02. The van der Waals surface area contributed by atoms with Gasteiger partial charge in [0.15, 0.2) is 0 Å². The van der Waals surface area contributed by atoms with Gasteiger partial charge in [-0.1, -0.05) is 0 Å². The van der Waals surface area contributed by atoms with E-state index in [2.05, 4.69) is 17.1 Å². The van der Waals surface area contributed by atoms with Crippen LogP contribution in [0.1, 0.15) is 19.8 Å². The first-order valence-corrected chi connectivity index (χ1v) is 5.65. The van der Waals surface area contributed by atoms with Crippen LogP contribution in [0.25, 0.3) is 0 Å². The fourth-order valence-corrected chi connectivity index (χ4v) is 1.36. The van der Waals surface area contributed by atoms with Gasteiger partial charge in [-0.2, -0.15) is 0 Å². The number of amides is 1. The molecule has 1 atom stereocenters. The van der Waals surface area contributed by atoms with E-state index in [0.717, 1.165) is 6.54 Å². The first kappa shape index (κ1) is 12.5. The lowest BCUT2D eigenvalue weighted by atomic mass is 10.3. The van der Waals surface area contributed by atoms with Gasteiger partial charge in [-0.05, 0) is 33.9 Å². The van der Waals surface area contributed by atoms with Gasteiger partial charge in [-0.15, -0.1) is 0 Å². The zero-order valence-electron chi connectivity index (χ0n) is 10.3. The summed E-state index contributed by atoms with van der Waals surface area (Å²) < 4.78 is 0. The zero-order valence-corrected chi connectivity index (χ0v) is 10.3. The van der Waals surface area contributed by atoms with Crippen LogP contribution in [-0.2, 0) is 4.79 Å². The highest BCUT2D eigenvalue weighted by molar-refractivity contribution is 5.78. The number of nitrogens with one attached hydrogen (secondary N) is 1. The van der Waals surface area contributed by atoms with E-state index >= 15 is 0 Å².